The van der Waals surface area contributed by atoms with Crippen LogP contribution >= 0.6 is 0 Å². The van der Waals surface area contributed by atoms with E-state index in [0.29, 0.717) is 25.1 Å². The zero-order valence-corrected chi connectivity index (χ0v) is 22.1. The topological polar surface area (TPSA) is 116 Å². The molecule has 0 aliphatic heterocycles. The van der Waals surface area contributed by atoms with Crippen LogP contribution in [0.5, 0.6) is 5.75 Å². The lowest BCUT2D eigenvalue weighted by atomic mass is 10.1. The van der Waals surface area contributed by atoms with Crippen LogP contribution in [-0.2, 0) is 16.1 Å². The third-order valence-corrected chi connectivity index (χ3v) is 5.58. The largest absolute Gasteiger partial charge is 0.573 e. The number of anilines is 1. The van der Waals surface area contributed by atoms with Crippen molar-refractivity contribution >= 4 is 30.1 Å². The Morgan fingerprint density at radius 1 is 1.10 bits per heavy atom. The van der Waals surface area contributed by atoms with Crippen LogP contribution in [0.25, 0.3) is 0 Å². The molecule has 0 radical (unpaired) electrons. The third-order valence-electron chi connectivity index (χ3n) is 5.58. The highest BCUT2D eigenvalue weighted by Gasteiger charge is 2.31. The number of pyridine rings is 1. The van der Waals surface area contributed by atoms with Gasteiger partial charge in [-0.25, -0.2) is 10.0 Å². The van der Waals surface area contributed by atoms with Crippen molar-refractivity contribution in [3.8, 4) is 5.75 Å². The number of amidine groups is 1. The number of halogens is 3. The summed E-state index contributed by atoms with van der Waals surface area (Å²) in [6, 6.07) is 15.3. The van der Waals surface area contributed by atoms with Crippen LogP contribution in [0.1, 0.15) is 18.1 Å². The molecule has 3 aromatic rings. The summed E-state index contributed by atoms with van der Waals surface area (Å²) >= 11 is 0. The predicted molar refractivity (Wildman–Crippen MR) is 145 cm³/mol. The predicted octanol–water partition coefficient (Wildman–Crippen LogP) is 3.95. The highest BCUT2D eigenvalue weighted by atomic mass is 19.4. The molecule has 2 N–H and O–H groups in total. The van der Waals surface area contributed by atoms with Gasteiger partial charge in [-0.1, -0.05) is 31.2 Å². The SMILES string of the molecule is CCN(C)CCn1cccc(N=C(NN(C=O)c2ccc(OC(F)(F)F)cc2)c2ccccc2C)c1=O.O=CO. The van der Waals surface area contributed by atoms with Gasteiger partial charge >= 0.3 is 6.36 Å². The minimum atomic E-state index is -4.83. The molecular formula is C27H30F3N5O5. The molecule has 1 heterocycles. The number of nitrogens with one attached hydrogen (secondary N) is 1. The molecule has 13 heteroatoms. The van der Waals surface area contributed by atoms with Crippen LogP contribution in [-0.4, -0.2) is 59.8 Å². The lowest BCUT2D eigenvalue weighted by molar-refractivity contribution is -0.274. The van der Waals surface area contributed by atoms with Crippen LogP contribution < -0.4 is 20.7 Å². The first-order valence-corrected chi connectivity index (χ1v) is 12.0. The minimum absolute atomic E-state index is 0.159. The van der Waals surface area contributed by atoms with Gasteiger partial charge < -0.3 is 19.3 Å². The van der Waals surface area contributed by atoms with Gasteiger partial charge in [0.25, 0.3) is 12.0 Å². The molecule has 0 atom stereocenters. The minimum Gasteiger partial charge on any atom is -0.483 e. The Morgan fingerprint density at radius 3 is 2.33 bits per heavy atom. The highest BCUT2D eigenvalue weighted by molar-refractivity contribution is 6.03. The molecule has 0 saturated heterocycles. The van der Waals surface area contributed by atoms with E-state index >= 15 is 0 Å². The summed E-state index contributed by atoms with van der Waals surface area (Å²) in [6.07, 6.45) is -2.69. The molecule has 10 nitrogen and oxygen atoms in total. The molecule has 1 aromatic heterocycles. The van der Waals surface area contributed by atoms with Gasteiger partial charge in [0.15, 0.2) is 5.84 Å². The average molecular weight is 562 g/mol. The number of amides is 1. The Hall–Kier alpha value is -4.65. The summed E-state index contributed by atoms with van der Waals surface area (Å²) in [6.45, 7) is 5.63. The summed E-state index contributed by atoms with van der Waals surface area (Å²) in [7, 11) is 1.96. The molecule has 0 fully saturated rings. The van der Waals surface area contributed by atoms with E-state index in [1.807, 2.05) is 33.0 Å². The van der Waals surface area contributed by atoms with E-state index in [2.05, 4.69) is 20.1 Å². The van der Waals surface area contributed by atoms with Gasteiger partial charge in [-0.3, -0.25) is 19.8 Å². The molecular weight excluding hydrogens is 531 g/mol. The fourth-order valence-electron chi connectivity index (χ4n) is 3.40. The molecule has 0 saturated carbocycles. The van der Waals surface area contributed by atoms with Crippen molar-refractivity contribution in [3.63, 3.8) is 0 Å². The number of hydrogen-bond acceptors (Lipinski definition) is 6. The van der Waals surface area contributed by atoms with Gasteiger partial charge in [-0.05, 0) is 62.5 Å². The number of carboxylic acid groups (broad SMARTS) is 1. The fourth-order valence-corrected chi connectivity index (χ4v) is 3.40. The number of carbonyl (C=O) groups is 2. The van der Waals surface area contributed by atoms with Gasteiger partial charge in [-0.2, -0.15) is 0 Å². The summed E-state index contributed by atoms with van der Waals surface area (Å²) in [5.41, 5.74) is 4.45. The van der Waals surface area contributed by atoms with Gasteiger partial charge in [0.05, 0.1) is 5.69 Å². The van der Waals surface area contributed by atoms with Crippen LogP contribution in [0.2, 0.25) is 0 Å². The number of hydrazine groups is 1. The van der Waals surface area contributed by atoms with E-state index in [-0.39, 0.29) is 29.2 Å². The standard InChI is InChI=1S/C26H28F3N5O3.CH2O2/c1-4-32(3)16-17-33-15-7-10-23(25(33)36)30-24(22-9-6-5-8-19(22)2)31-34(18-35)20-11-13-21(14-12-20)37-26(27,28)29;2-1-3/h5-15,18H,4,16-17H2,1-3H3,(H,30,31);1H,(H,2,3). The van der Waals surface area contributed by atoms with Crippen molar-refractivity contribution in [2.24, 2.45) is 4.99 Å². The molecule has 0 aliphatic rings. The van der Waals surface area contributed by atoms with E-state index in [0.717, 1.165) is 29.2 Å². The Kier molecular flexibility index (Phi) is 11.9. The number of aliphatic imine (C=N–C) groups is 1. The Balaban J connectivity index is 0.00000178. The first-order chi connectivity index (χ1) is 19.0. The van der Waals surface area contributed by atoms with Crippen molar-refractivity contribution in [1.29, 1.82) is 0 Å². The number of nitrogens with zero attached hydrogens (tertiary/aromatic N) is 4. The molecule has 0 unspecified atom stereocenters. The van der Waals surface area contributed by atoms with Gasteiger partial charge in [-0.15, -0.1) is 13.2 Å². The second-order valence-electron chi connectivity index (χ2n) is 8.30. The molecule has 0 bridgehead atoms. The summed E-state index contributed by atoms with van der Waals surface area (Å²) in [5.74, 6) is -0.213. The van der Waals surface area contributed by atoms with Gasteiger partial charge in [0, 0.05) is 24.8 Å². The Labute approximate surface area is 228 Å². The maximum absolute atomic E-state index is 13.1. The monoisotopic (exact) mass is 561 g/mol. The summed E-state index contributed by atoms with van der Waals surface area (Å²) < 4.78 is 42.9. The van der Waals surface area contributed by atoms with E-state index in [4.69, 9.17) is 9.90 Å². The normalized spacial score (nSPS) is 11.3. The number of benzene rings is 2. The van der Waals surface area contributed by atoms with Crippen molar-refractivity contribution in [1.82, 2.24) is 14.9 Å². The number of carbonyl (C=O) groups excluding carboxylic acids is 1. The second kappa shape index (κ2) is 15.1. The summed E-state index contributed by atoms with van der Waals surface area (Å²) in [5, 5.41) is 7.94. The van der Waals surface area contributed by atoms with Crippen LogP contribution in [0.15, 0.2) is 76.6 Å². The van der Waals surface area contributed by atoms with Crippen molar-refractivity contribution in [2.45, 2.75) is 26.8 Å². The van der Waals surface area contributed by atoms with E-state index in [1.54, 1.807) is 35.0 Å². The van der Waals surface area contributed by atoms with Gasteiger partial charge in [0.1, 0.15) is 11.4 Å². The number of likely N-dealkylation sites (N-methyl/N-ethyl adjacent to an activating group) is 1. The molecule has 3 rings (SSSR count). The first kappa shape index (κ1) is 31.6. The lowest BCUT2D eigenvalue weighted by Crippen LogP contribution is -2.42. The number of ether oxygens (including phenoxy) is 1. The maximum Gasteiger partial charge on any atom is 0.573 e. The number of rotatable bonds is 10. The first-order valence-electron chi connectivity index (χ1n) is 12.0. The molecule has 40 heavy (non-hydrogen) atoms. The highest BCUT2D eigenvalue weighted by Crippen LogP contribution is 2.25. The van der Waals surface area contributed by atoms with Gasteiger partial charge in [0.2, 0.25) is 6.41 Å². The maximum atomic E-state index is 13.1. The van der Waals surface area contributed by atoms with E-state index < -0.39 is 12.1 Å². The molecule has 0 spiro atoms. The molecule has 0 aliphatic carbocycles. The van der Waals surface area contributed by atoms with E-state index in [1.165, 1.54) is 12.1 Å². The van der Waals surface area contributed by atoms with E-state index in [9.17, 15) is 22.8 Å². The second-order valence-corrected chi connectivity index (χ2v) is 8.30. The smallest absolute Gasteiger partial charge is 0.483 e. The Bertz CT molecular complexity index is 1340. The molecule has 1 amide bonds. The van der Waals surface area contributed by atoms with Crippen molar-refractivity contribution in [2.75, 3.05) is 25.1 Å². The van der Waals surface area contributed by atoms with Crippen molar-refractivity contribution < 1.29 is 32.6 Å². The summed E-state index contributed by atoms with van der Waals surface area (Å²) in [4.78, 5) is 40.1. The van der Waals surface area contributed by atoms with Crippen LogP contribution in [0.3, 0.4) is 0 Å². The quantitative estimate of drug-likeness (QED) is 0.167. The number of aromatic nitrogens is 1. The van der Waals surface area contributed by atoms with Crippen molar-refractivity contribution in [3.05, 3.63) is 88.3 Å². The average Bonchev–Trinajstić information content (AvgIpc) is 2.91. The number of hydrogen-bond donors (Lipinski definition) is 2. The zero-order valence-electron chi connectivity index (χ0n) is 22.1. The van der Waals surface area contributed by atoms with Crippen LogP contribution in [0, 0.1) is 6.92 Å². The third kappa shape index (κ3) is 9.58. The van der Waals surface area contributed by atoms with Crippen LogP contribution in [0.4, 0.5) is 24.5 Å². The zero-order chi connectivity index (χ0) is 29.7. The Morgan fingerprint density at radius 2 is 1.75 bits per heavy atom. The molecule has 2 aromatic carbocycles. The number of alkyl halides is 3. The molecule has 214 valence electrons. The lowest BCUT2D eigenvalue weighted by Gasteiger charge is -2.22. The fraction of sp³-hybridized carbons (Fsp3) is 0.259. The number of aryl methyl sites for hydroxylation is 1.